The van der Waals surface area contributed by atoms with Gasteiger partial charge in [-0.05, 0) is 50.5 Å². The molecule has 116 valence electrons. The van der Waals surface area contributed by atoms with Gasteiger partial charge in [-0.3, -0.25) is 4.68 Å². The maximum atomic E-state index is 12.1. The van der Waals surface area contributed by atoms with Crippen molar-refractivity contribution in [3.05, 3.63) is 17.5 Å². The predicted octanol–water partition coefficient (Wildman–Crippen LogP) is 4.85. The summed E-state index contributed by atoms with van der Waals surface area (Å²) in [5.41, 5.74) is 2.29. The molecule has 1 unspecified atom stereocenters. The Morgan fingerprint density at radius 3 is 2.40 bits per heavy atom. The van der Waals surface area contributed by atoms with Crippen LogP contribution in [0.3, 0.4) is 0 Å². The Morgan fingerprint density at radius 1 is 1.10 bits per heavy atom. The number of hydrogen-bond acceptors (Lipinski definition) is 1. The molecular formula is C16H28F2N2. The van der Waals surface area contributed by atoms with Crippen LogP contribution >= 0.6 is 0 Å². The largest absolute Gasteiger partial charge is 0.270 e. The second kappa shape index (κ2) is 8.38. The number of nitrogens with zero attached hydrogens (tertiary/aromatic N) is 2. The Hall–Kier alpha value is -0.930. The van der Waals surface area contributed by atoms with Gasteiger partial charge in [-0.25, -0.2) is 8.78 Å². The number of halogens is 2. The molecule has 0 aliphatic heterocycles. The van der Waals surface area contributed by atoms with Gasteiger partial charge in [0.1, 0.15) is 0 Å². The molecule has 0 saturated heterocycles. The molecule has 0 saturated carbocycles. The average Bonchev–Trinajstić information content (AvgIpc) is 2.72. The van der Waals surface area contributed by atoms with Crippen LogP contribution in [0.4, 0.5) is 8.78 Å². The third-order valence-electron chi connectivity index (χ3n) is 3.72. The summed E-state index contributed by atoms with van der Waals surface area (Å²) in [6.07, 6.45) is 1.41. The molecule has 1 aromatic rings. The lowest BCUT2D eigenvalue weighted by Gasteiger charge is -2.09. The maximum absolute atomic E-state index is 12.1. The van der Waals surface area contributed by atoms with Crippen molar-refractivity contribution in [3.8, 4) is 0 Å². The van der Waals surface area contributed by atoms with Gasteiger partial charge in [0.05, 0.1) is 5.69 Å². The minimum Gasteiger partial charge on any atom is -0.270 e. The lowest BCUT2D eigenvalue weighted by Crippen LogP contribution is -2.06. The SMILES string of the molecule is Cc1cc(CCC(C)CCC(F)F)nn1CCC(C)C. The molecule has 20 heavy (non-hydrogen) atoms. The van der Waals surface area contributed by atoms with Crippen molar-refractivity contribution >= 4 is 0 Å². The van der Waals surface area contributed by atoms with Crippen LogP contribution in [0.1, 0.15) is 57.8 Å². The van der Waals surface area contributed by atoms with Crippen molar-refractivity contribution < 1.29 is 8.78 Å². The van der Waals surface area contributed by atoms with Gasteiger partial charge < -0.3 is 0 Å². The molecule has 0 spiro atoms. The van der Waals surface area contributed by atoms with E-state index in [0.29, 0.717) is 18.3 Å². The van der Waals surface area contributed by atoms with E-state index >= 15 is 0 Å². The van der Waals surface area contributed by atoms with Crippen LogP contribution in [0, 0.1) is 18.8 Å². The zero-order valence-corrected chi connectivity index (χ0v) is 13.2. The third-order valence-corrected chi connectivity index (χ3v) is 3.72. The smallest absolute Gasteiger partial charge is 0.238 e. The zero-order valence-electron chi connectivity index (χ0n) is 13.2. The van der Waals surface area contributed by atoms with E-state index in [1.54, 1.807) is 0 Å². The van der Waals surface area contributed by atoms with Crippen molar-refractivity contribution in [2.24, 2.45) is 11.8 Å². The van der Waals surface area contributed by atoms with Crippen LogP contribution in [0.2, 0.25) is 0 Å². The molecule has 1 atom stereocenters. The van der Waals surface area contributed by atoms with Gasteiger partial charge in [0, 0.05) is 18.7 Å². The molecule has 0 aliphatic carbocycles. The van der Waals surface area contributed by atoms with E-state index < -0.39 is 6.43 Å². The molecule has 1 heterocycles. The Labute approximate surface area is 121 Å². The van der Waals surface area contributed by atoms with Crippen molar-refractivity contribution in [1.29, 1.82) is 0 Å². The summed E-state index contributed by atoms with van der Waals surface area (Å²) in [6, 6.07) is 2.13. The first kappa shape index (κ1) is 17.1. The second-order valence-electron chi connectivity index (χ2n) is 6.30. The maximum Gasteiger partial charge on any atom is 0.238 e. The van der Waals surface area contributed by atoms with Crippen molar-refractivity contribution in [3.63, 3.8) is 0 Å². The van der Waals surface area contributed by atoms with Crippen LogP contribution in [-0.4, -0.2) is 16.2 Å². The van der Waals surface area contributed by atoms with Gasteiger partial charge >= 0.3 is 0 Å². The first-order chi connectivity index (χ1) is 9.38. The Bertz CT molecular complexity index is 386. The number of aryl methyl sites for hydroxylation is 3. The average molecular weight is 286 g/mol. The summed E-state index contributed by atoms with van der Waals surface area (Å²) in [6.45, 7) is 9.52. The van der Waals surface area contributed by atoms with E-state index in [4.69, 9.17) is 0 Å². The van der Waals surface area contributed by atoms with E-state index in [0.717, 1.165) is 31.5 Å². The van der Waals surface area contributed by atoms with Crippen LogP contribution in [-0.2, 0) is 13.0 Å². The van der Waals surface area contributed by atoms with Crippen LogP contribution in [0.15, 0.2) is 6.07 Å². The Morgan fingerprint density at radius 2 is 1.80 bits per heavy atom. The molecule has 0 radical (unpaired) electrons. The molecular weight excluding hydrogens is 258 g/mol. The molecule has 0 fully saturated rings. The molecule has 0 bridgehead atoms. The molecule has 2 nitrogen and oxygen atoms in total. The standard InChI is InChI=1S/C16H28F2N2/c1-12(2)9-10-20-14(4)11-15(19-20)7-5-13(3)6-8-16(17)18/h11-13,16H,5-10H2,1-4H3. The zero-order chi connectivity index (χ0) is 15.1. The van der Waals surface area contributed by atoms with E-state index in [1.807, 2.05) is 6.92 Å². The molecule has 0 N–H and O–H groups in total. The fourth-order valence-corrected chi connectivity index (χ4v) is 2.26. The van der Waals surface area contributed by atoms with Gasteiger partial charge in [0.25, 0.3) is 0 Å². The second-order valence-corrected chi connectivity index (χ2v) is 6.30. The Balaban J connectivity index is 2.38. The number of hydrogen-bond donors (Lipinski definition) is 0. The monoisotopic (exact) mass is 286 g/mol. The van der Waals surface area contributed by atoms with Crippen molar-refractivity contribution in [2.45, 2.75) is 72.8 Å². The van der Waals surface area contributed by atoms with Crippen LogP contribution in [0.5, 0.6) is 0 Å². The van der Waals surface area contributed by atoms with E-state index in [9.17, 15) is 8.78 Å². The van der Waals surface area contributed by atoms with Crippen molar-refractivity contribution in [2.75, 3.05) is 0 Å². The highest BCUT2D eigenvalue weighted by Gasteiger charge is 2.10. The number of rotatable bonds is 9. The van der Waals surface area contributed by atoms with E-state index in [-0.39, 0.29) is 6.42 Å². The number of alkyl halides is 2. The highest BCUT2D eigenvalue weighted by Crippen LogP contribution is 2.17. The molecule has 0 aliphatic rings. The lowest BCUT2D eigenvalue weighted by molar-refractivity contribution is 0.128. The highest BCUT2D eigenvalue weighted by molar-refractivity contribution is 5.08. The molecule has 0 amide bonds. The van der Waals surface area contributed by atoms with Gasteiger partial charge in [0.15, 0.2) is 0 Å². The van der Waals surface area contributed by atoms with Gasteiger partial charge in [-0.2, -0.15) is 5.10 Å². The topological polar surface area (TPSA) is 17.8 Å². The van der Waals surface area contributed by atoms with Crippen LogP contribution in [0.25, 0.3) is 0 Å². The van der Waals surface area contributed by atoms with Gasteiger partial charge in [-0.15, -0.1) is 0 Å². The molecule has 0 aromatic carbocycles. The minimum atomic E-state index is -2.17. The summed E-state index contributed by atoms with van der Waals surface area (Å²) < 4.78 is 26.4. The van der Waals surface area contributed by atoms with Crippen LogP contribution < -0.4 is 0 Å². The van der Waals surface area contributed by atoms with Gasteiger partial charge in [0.2, 0.25) is 6.43 Å². The fourth-order valence-electron chi connectivity index (χ4n) is 2.26. The third kappa shape index (κ3) is 6.49. The molecule has 1 aromatic heterocycles. The van der Waals surface area contributed by atoms with Crippen molar-refractivity contribution in [1.82, 2.24) is 9.78 Å². The van der Waals surface area contributed by atoms with E-state index in [1.165, 1.54) is 5.69 Å². The lowest BCUT2D eigenvalue weighted by atomic mass is 9.99. The summed E-state index contributed by atoms with van der Waals surface area (Å²) >= 11 is 0. The summed E-state index contributed by atoms with van der Waals surface area (Å²) in [7, 11) is 0. The summed E-state index contributed by atoms with van der Waals surface area (Å²) in [5, 5.41) is 4.62. The Kier molecular flexibility index (Phi) is 7.17. The normalized spacial score (nSPS) is 13.4. The van der Waals surface area contributed by atoms with Gasteiger partial charge in [-0.1, -0.05) is 20.8 Å². The van der Waals surface area contributed by atoms with E-state index in [2.05, 4.69) is 36.6 Å². The highest BCUT2D eigenvalue weighted by atomic mass is 19.3. The fraction of sp³-hybridized carbons (Fsp3) is 0.812. The first-order valence-electron chi connectivity index (χ1n) is 7.70. The number of aromatic nitrogens is 2. The predicted molar refractivity (Wildman–Crippen MR) is 79.1 cm³/mol. The summed E-state index contributed by atoms with van der Waals surface area (Å²) in [5.74, 6) is 1.02. The molecule has 1 rings (SSSR count). The molecule has 4 heteroatoms. The first-order valence-corrected chi connectivity index (χ1v) is 7.70. The summed E-state index contributed by atoms with van der Waals surface area (Å²) in [4.78, 5) is 0. The quantitative estimate of drug-likeness (QED) is 0.634. The minimum absolute atomic E-state index is 0.0169.